The van der Waals surface area contributed by atoms with Crippen LogP contribution < -0.4 is 5.23 Å². The number of nitrogens with zero attached hydrogens (tertiary/aromatic N) is 2. The molecule has 0 bridgehead atoms. The fraction of sp³-hybridized carbons (Fsp3) is 0.316. The van der Waals surface area contributed by atoms with E-state index >= 15 is 0 Å². The number of aromatic nitrogens is 2. The summed E-state index contributed by atoms with van der Waals surface area (Å²) in [5, 5.41) is 8.22. The van der Waals surface area contributed by atoms with E-state index in [-0.39, 0.29) is 11.9 Å². The minimum absolute atomic E-state index is 0.263. The van der Waals surface area contributed by atoms with Gasteiger partial charge in [-0.25, -0.2) is 0 Å². The summed E-state index contributed by atoms with van der Waals surface area (Å²) in [6.07, 6.45) is 2.60. The number of nitrogens with one attached hydrogen (secondary N) is 1. The Morgan fingerprint density at radius 3 is 2.72 bits per heavy atom. The van der Waals surface area contributed by atoms with E-state index in [1.807, 2.05) is 51.4 Å². The van der Waals surface area contributed by atoms with Crippen molar-refractivity contribution in [2.45, 2.75) is 33.2 Å². The van der Waals surface area contributed by atoms with Crippen molar-refractivity contribution in [3.63, 3.8) is 0 Å². The van der Waals surface area contributed by atoms with Crippen LogP contribution in [0.5, 0.6) is 0 Å². The second kappa shape index (κ2) is 6.79. The first-order chi connectivity index (χ1) is 12.0. The molecule has 25 heavy (non-hydrogen) atoms. The Kier molecular flexibility index (Phi) is 4.70. The van der Waals surface area contributed by atoms with E-state index in [2.05, 4.69) is 10.3 Å². The standard InChI is InChI=1S/C19H21BFN3O/c1-5-16(22-20-25)14-9-13(8-12(3)19(14)21)18-11(2)6-7-17-15(18)10-24(4)23-17/h6-10,16,22H,5H2,1-4H3. The summed E-state index contributed by atoms with van der Waals surface area (Å²) in [4.78, 5) is 0. The summed E-state index contributed by atoms with van der Waals surface area (Å²) in [6, 6.07) is 7.39. The summed E-state index contributed by atoms with van der Waals surface area (Å²) in [5.41, 5.74) is 5.09. The van der Waals surface area contributed by atoms with Gasteiger partial charge in [-0.2, -0.15) is 0 Å². The SMILES string of the molecule is CCC(NB=O)c1cc(-c2c(C)ccc3nn(C)cc23)cc(C)c1F. The van der Waals surface area contributed by atoms with Gasteiger partial charge in [-0.1, -0.05) is 0 Å². The third-order valence-corrected chi connectivity index (χ3v) is 4.64. The molecule has 0 aliphatic carbocycles. The van der Waals surface area contributed by atoms with Crippen LogP contribution in [0.1, 0.15) is 36.1 Å². The molecule has 1 N–H and O–H groups in total. The van der Waals surface area contributed by atoms with E-state index in [0.29, 0.717) is 24.8 Å². The third kappa shape index (κ3) is 3.08. The normalized spacial score (nSPS) is 12.2. The van der Waals surface area contributed by atoms with Gasteiger partial charge in [0.1, 0.15) is 0 Å². The van der Waals surface area contributed by atoms with Gasteiger partial charge < -0.3 is 0 Å². The fourth-order valence-electron chi connectivity index (χ4n) is 3.41. The zero-order chi connectivity index (χ0) is 18.1. The summed E-state index contributed by atoms with van der Waals surface area (Å²) in [6.45, 7) is 5.73. The van der Waals surface area contributed by atoms with E-state index in [4.69, 9.17) is 0 Å². The van der Waals surface area contributed by atoms with Crippen LogP contribution in [0.25, 0.3) is 22.0 Å². The Hall–Kier alpha value is -2.50. The Morgan fingerprint density at radius 1 is 1.28 bits per heavy atom. The van der Waals surface area contributed by atoms with Crippen molar-refractivity contribution >= 4 is 18.2 Å². The van der Waals surface area contributed by atoms with Gasteiger partial charge in [-0.15, -0.1) is 0 Å². The van der Waals surface area contributed by atoms with Gasteiger partial charge in [0.15, 0.2) is 0 Å². The van der Waals surface area contributed by atoms with Crippen molar-refractivity contribution in [3.8, 4) is 11.1 Å². The molecule has 0 fully saturated rings. The van der Waals surface area contributed by atoms with Crippen molar-refractivity contribution in [2.75, 3.05) is 0 Å². The molecule has 0 aliphatic rings. The Morgan fingerprint density at radius 2 is 2.04 bits per heavy atom. The van der Waals surface area contributed by atoms with Gasteiger partial charge in [0, 0.05) is 0 Å². The number of rotatable bonds is 5. The number of hydrogen-bond donors (Lipinski definition) is 1. The van der Waals surface area contributed by atoms with E-state index < -0.39 is 0 Å². The molecule has 0 saturated heterocycles. The summed E-state index contributed by atoms with van der Waals surface area (Å²) >= 11 is 0. The molecule has 6 heteroatoms. The molecule has 0 amide bonds. The molecule has 3 aromatic rings. The maximum absolute atomic E-state index is 14.7. The Bertz CT molecular complexity index is 951. The van der Waals surface area contributed by atoms with Crippen molar-refractivity contribution in [2.24, 2.45) is 7.05 Å². The van der Waals surface area contributed by atoms with Crippen LogP contribution in [-0.4, -0.2) is 17.1 Å². The average Bonchev–Trinajstić information content (AvgIpc) is 2.95. The van der Waals surface area contributed by atoms with Crippen molar-refractivity contribution < 1.29 is 9.10 Å². The number of hydrogen-bond acceptors (Lipinski definition) is 2. The van der Waals surface area contributed by atoms with E-state index in [1.54, 1.807) is 11.6 Å². The number of aryl methyl sites for hydroxylation is 3. The van der Waals surface area contributed by atoms with Crippen LogP contribution >= 0.6 is 0 Å². The van der Waals surface area contributed by atoms with Crippen LogP contribution in [0, 0.1) is 19.7 Å². The first kappa shape index (κ1) is 17.3. The first-order valence-corrected chi connectivity index (χ1v) is 8.39. The molecule has 0 radical (unpaired) electrons. The molecule has 3 rings (SSSR count). The van der Waals surface area contributed by atoms with Crippen molar-refractivity contribution in [1.29, 1.82) is 0 Å². The van der Waals surface area contributed by atoms with Gasteiger partial charge >= 0.3 is 147 Å². The zero-order valence-corrected chi connectivity index (χ0v) is 14.9. The van der Waals surface area contributed by atoms with Gasteiger partial charge in [-0.3, -0.25) is 0 Å². The zero-order valence-electron chi connectivity index (χ0n) is 14.9. The van der Waals surface area contributed by atoms with E-state index in [9.17, 15) is 9.10 Å². The van der Waals surface area contributed by atoms with E-state index in [0.717, 1.165) is 27.6 Å². The maximum atomic E-state index is 14.7. The summed E-state index contributed by atoms with van der Waals surface area (Å²) in [5.74, 6) is -0.263. The van der Waals surface area contributed by atoms with E-state index in [1.165, 1.54) is 0 Å². The van der Waals surface area contributed by atoms with Crippen molar-refractivity contribution in [3.05, 3.63) is 53.0 Å². The minimum atomic E-state index is -0.343. The monoisotopic (exact) mass is 337 g/mol. The molecule has 1 heterocycles. The molecule has 0 saturated carbocycles. The number of benzene rings is 2. The van der Waals surface area contributed by atoms with Crippen LogP contribution in [0.2, 0.25) is 0 Å². The van der Waals surface area contributed by atoms with Crippen LogP contribution in [-0.2, 0) is 11.8 Å². The topological polar surface area (TPSA) is 46.9 Å². The predicted molar refractivity (Wildman–Crippen MR) is 98.2 cm³/mol. The second-order valence-electron chi connectivity index (χ2n) is 6.43. The predicted octanol–water partition coefficient (Wildman–Crippen LogP) is 4.00. The van der Waals surface area contributed by atoms with Gasteiger partial charge in [0.25, 0.3) is 0 Å². The fourth-order valence-corrected chi connectivity index (χ4v) is 3.41. The van der Waals surface area contributed by atoms with Gasteiger partial charge in [-0.05, 0) is 0 Å². The molecule has 1 atom stereocenters. The van der Waals surface area contributed by atoms with Crippen LogP contribution in [0.4, 0.5) is 4.39 Å². The third-order valence-electron chi connectivity index (χ3n) is 4.64. The average molecular weight is 337 g/mol. The summed E-state index contributed by atoms with van der Waals surface area (Å²) < 4.78 is 27.4. The molecule has 2 aromatic carbocycles. The molecule has 1 unspecified atom stereocenters. The molecule has 1 aromatic heterocycles. The quantitative estimate of drug-likeness (QED) is 0.716. The van der Waals surface area contributed by atoms with Crippen LogP contribution in [0.15, 0.2) is 30.5 Å². The van der Waals surface area contributed by atoms with Gasteiger partial charge in [0.05, 0.1) is 0 Å². The van der Waals surface area contributed by atoms with Crippen molar-refractivity contribution in [1.82, 2.24) is 15.0 Å². The molecule has 4 nitrogen and oxygen atoms in total. The molecule has 0 spiro atoms. The Balaban J connectivity index is 2.27. The second-order valence-corrected chi connectivity index (χ2v) is 6.43. The summed E-state index contributed by atoms with van der Waals surface area (Å²) in [7, 11) is 2.52. The van der Waals surface area contributed by atoms with Crippen LogP contribution in [0.3, 0.4) is 0 Å². The first-order valence-electron chi connectivity index (χ1n) is 8.39. The van der Waals surface area contributed by atoms with Gasteiger partial charge in [0.2, 0.25) is 0 Å². The molecule has 128 valence electrons. The molecular weight excluding hydrogens is 316 g/mol. The Labute approximate surface area is 147 Å². The molecule has 0 aliphatic heterocycles. The number of halogens is 1. The number of fused-ring (bicyclic) bond motifs is 1. The molecular formula is C19H21BFN3O.